The summed E-state index contributed by atoms with van der Waals surface area (Å²) in [5.41, 5.74) is 4.52. The summed E-state index contributed by atoms with van der Waals surface area (Å²) in [6.45, 7) is 0. The number of aromatic nitrogens is 2. The second kappa shape index (κ2) is 6.18. The van der Waals surface area contributed by atoms with Crippen LogP contribution in [0, 0.1) is 5.82 Å². The number of rotatable bonds is 3. The highest BCUT2D eigenvalue weighted by Gasteiger charge is 2.21. The number of nitrogen functional groups attached to an aromatic ring is 1. The summed E-state index contributed by atoms with van der Waals surface area (Å²) in [6.07, 6.45) is -2.81. The number of methoxy groups -OCH3 is 1. The second-order valence-electron chi connectivity index (χ2n) is 4.13. The van der Waals surface area contributed by atoms with Crippen LogP contribution in [-0.2, 0) is 4.74 Å². The monoisotopic (exact) mass is 331 g/mol. The van der Waals surface area contributed by atoms with Crippen LogP contribution in [0.2, 0.25) is 5.02 Å². The van der Waals surface area contributed by atoms with E-state index >= 15 is 0 Å². The zero-order valence-corrected chi connectivity index (χ0v) is 11.9. The Hall–Kier alpha value is -2.35. The molecule has 1 aromatic carbocycles. The fourth-order valence-corrected chi connectivity index (χ4v) is 1.83. The van der Waals surface area contributed by atoms with Crippen LogP contribution in [0.15, 0.2) is 18.2 Å². The number of carbonyl (C=O) groups is 1. The maximum atomic E-state index is 13.9. The molecule has 2 N–H and O–H groups in total. The molecule has 1 aromatic heterocycles. The van der Waals surface area contributed by atoms with E-state index in [-0.39, 0.29) is 27.9 Å². The summed E-state index contributed by atoms with van der Waals surface area (Å²) in [5.74, 6) is -2.38. The van der Waals surface area contributed by atoms with E-state index in [0.717, 1.165) is 19.2 Å². The van der Waals surface area contributed by atoms with E-state index in [1.54, 1.807) is 0 Å². The molecule has 2 aromatic rings. The van der Waals surface area contributed by atoms with E-state index in [2.05, 4.69) is 14.7 Å². The predicted octanol–water partition coefficient (Wildman–Crippen LogP) is 3.24. The highest BCUT2D eigenvalue weighted by molar-refractivity contribution is 6.35. The van der Waals surface area contributed by atoms with Crippen molar-refractivity contribution >= 4 is 23.4 Å². The number of hydrogen-bond acceptors (Lipinski definition) is 5. The molecule has 0 bridgehead atoms. The van der Waals surface area contributed by atoms with Crippen LogP contribution in [-0.4, -0.2) is 23.0 Å². The van der Waals surface area contributed by atoms with Crippen molar-refractivity contribution in [3.05, 3.63) is 40.3 Å². The van der Waals surface area contributed by atoms with Crippen molar-refractivity contribution in [1.82, 2.24) is 9.97 Å². The van der Waals surface area contributed by atoms with Crippen LogP contribution in [0.3, 0.4) is 0 Å². The molecule has 0 spiro atoms. The number of nitrogens with zero attached hydrogens (tertiary/aromatic N) is 2. The Bertz CT molecular complexity index is 741. The maximum absolute atomic E-state index is 13.9. The number of nitrogens with two attached hydrogens (primary N) is 1. The molecule has 5 nitrogen and oxygen atoms in total. The zero-order valence-electron chi connectivity index (χ0n) is 11.1. The Kier molecular flexibility index (Phi) is 4.51. The van der Waals surface area contributed by atoms with E-state index in [0.29, 0.717) is 6.07 Å². The first kappa shape index (κ1) is 16.0. The molecule has 116 valence electrons. The third-order valence-corrected chi connectivity index (χ3v) is 3.11. The molecule has 0 amide bonds. The number of ether oxygens (including phenoxy) is 1. The van der Waals surface area contributed by atoms with E-state index in [9.17, 15) is 18.0 Å². The lowest BCUT2D eigenvalue weighted by Gasteiger charge is -2.09. The molecule has 1 heterocycles. The quantitative estimate of drug-likeness (QED) is 0.873. The molecule has 0 atom stereocenters. The molecule has 0 aliphatic carbocycles. The number of benzene rings is 1. The number of alkyl halides is 2. The number of halogens is 4. The normalized spacial score (nSPS) is 10.8. The SMILES string of the molecule is COC(=O)c1nc(-c2ccc(C(F)F)cc2F)nc(N)c1Cl. The molecule has 0 saturated heterocycles. The Balaban J connectivity index is 2.58. The number of anilines is 1. The first-order valence-electron chi connectivity index (χ1n) is 5.84. The fraction of sp³-hybridized carbons (Fsp3) is 0.154. The zero-order chi connectivity index (χ0) is 16.4. The standard InChI is InChI=1S/C13H9ClF3N3O2/c1-22-13(21)9-8(14)11(18)20-12(19-9)6-3-2-5(10(16)17)4-7(6)15/h2-4,10H,1H3,(H2,18,19,20). The van der Waals surface area contributed by atoms with Crippen LogP contribution in [0.25, 0.3) is 11.4 Å². The smallest absolute Gasteiger partial charge is 0.358 e. The van der Waals surface area contributed by atoms with Gasteiger partial charge in [0, 0.05) is 5.56 Å². The Labute approximate surface area is 127 Å². The van der Waals surface area contributed by atoms with Gasteiger partial charge in [0.25, 0.3) is 6.43 Å². The molecule has 0 saturated carbocycles. The first-order chi connectivity index (χ1) is 10.3. The third kappa shape index (κ3) is 2.96. The molecular weight excluding hydrogens is 323 g/mol. The first-order valence-corrected chi connectivity index (χ1v) is 6.22. The summed E-state index contributed by atoms with van der Waals surface area (Å²) in [5, 5.41) is -0.236. The lowest BCUT2D eigenvalue weighted by molar-refractivity contribution is 0.0594. The molecule has 2 rings (SSSR count). The van der Waals surface area contributed by atoms with Crippen LogP contribution in [0.4, 0.5) is 19.0 Å². The van der Waals surface area contributed by atoms with Crippen molar-refractivity contribution in [2.45, 2.75) is 6.43 Å². The minimum Gasteiger partial charge on any atom is -0.464 e. The van der Waals surface area contributed by atoms with Gasteiger partial charge < -0.3 is 10.5 Å². The molecule has 0 radical (unpaired) electrons. The van der Waals surface area contributed by atoms with E-state index in [1.165, 1.54) is 0 Å². The van der Waals surface area contributed by atoms with Gasteiger partial charge >= 0.3 is 5.97 Å². The average molecular weight is 332 g/mol. The van der Waals surface area contributed by atoms with E-state index in [1.807, 2.05) is 0 Å². The van der Waals surface area contributed by atoms with Crippen LogP contribution in [0.1, 0.15) is 22.5 Å². The summed E-state index contributed by atoms with van der Waals surface area (Å²) < 4.78 is 43.5. The topological polar surface area (TPSA) is 78.1 Å². The van der Waals surface area contributed by atoms with Crippen LogP contribution < -0.4 is 5.73 Å². The van der Waals surface area contributed by atoms with Gasteiger partial charge in [-0.15, -0.1) is 0 Å². The summed E-state index contributed by atoms with van der Waals surface area (Å²) >= 11 is 5.79. The molecule has 0 aliphatic heterocycles. The summed E-state index contributed by atoms with van der Waals surface area (Å²) in [4.78, 5) is 19.1. The fourth-order valence-electron chi connectivity index (χ4n) is 1.67. The van der Waals surface area contributed by atoms with Gasteiger partial charge in [-0.1, -0.05) is 17.7 Å². The molecule has 22 heavy (non-hydrogen) atoms. The van der Waals surface area contributed by atoms with Crippen molar-refractivity contribution in [2.24, 2.45) is 0 Å². The van der Waals surface area contributed by atoms with Gasteiger partial charge in [0.15, 0.2) is 11.5 Å². The lowest BCUT2D eigenvalue weighted by Crippen LogP contribution is -2.10. The number of hydrogen-bond donors (Lipinski definition) is 1. The largest absolute Gasteiger partial charge is 0.464 e. The van der Waals surface area contributed by atoms with Gasteiger partial charge in [0.2, 0.25) is 0 Å². The number of carbonyl (C=O) groups excluding carboxylic acids is 1. The third-order valence-electron chi connectivity index (χ3n) is 2.74. The van der Waals surface area contributed by atoms with Crippen molar-refractivity contribution < 1.29 is 22.7 Å². The van der Waals surface area contributed by atoms with Crippen molar-refractivity contribution in [2.75, 3.05) is 12.8 Å². The molecule has 0 aliphatic rings. The highest BCUT2D eigenvalue weighted by atomic mass is 35.5. The average Bonchev–Trinajstić information content (AvgIpc) is 2.49. The van der Waals surface area contributed by atoms with Gasteiger partial charge in [-0.25, -0.2) is 27.9 Å². The van der Waals surface area contributed by atoms with Crippen LogP contribution >= 0.6 is 11.6 Å². The summed E-state index contributed by atoms with van der Waals surface area (Å²) in [6, 6.07) is 2.75. The minimum atomic E-state index is -2.81. The second-order valence-corrected chi connectivity index (χ2v) is 4.50. The van der Waals surface area contributed by atoms with Crippen molar-refractivity contribution in [1.29, 1.82) is 0 Å². The molecular formula is C13H9ClF3N3O2. The maximum Gasteiger partial charge on any atom is 0.358 e. The molecule has 0 unspecified atom stereocenters. The van der Waals surface area contributed by atoms with Gasteiger partial charge in [-0.05, 0) is 12.1 Å². The Morgan fingerprint density at radius 2 is 2.05 bits per heavy atom. The Morgan fingerprint density at radius 3 is 2.59 bits per heavy atom. The summed E-state index contributed by atoms with van der Waals surface area (Å²) in [7, 11) is 1.11. The van der Waals surface area contributed by atoms with Gasteiger partial charge in [0.1, 0.15) is 16.7 Å². The highest BCUT2D eigenvalue weighted by Crippen LogP contribution is 2.29. The van der Waals surface area contributed by atoms with Crippen LogP contribution in [0.5, 0.6) is 0 Å². The van der Waals surface area contributed by atoms with E-state index < -0.39 is 23.8 Å². The van der Waals surface area contributed by atoms with Crippen molar-refractivity contribution in [3.8, 4) is 11.4 Å². The molecule has 0 fully saturated rings. The minimum absolute atomic E-state index is 0.196. The Morgan fingerprint density at radius 1 is 1.36 bits per heavy atom. The lowest BCUT2D eigenvalue weighted by atomic mass is 10.1. The number of esters is 1. The van der Waals surface area contributed by atoms with Gasteiger partial charge in [-0.3, -0.25) is 0 Å². The molecule has 9 heteroatoms. The van der Waals surface area contributed by atoms with E-state index in [4.69, 9.17) is 17.3 Å². The predicted molar refractivity (Wildman–Crippen MR) is 73.1 cm³/mol. The van der Waals surface area contributed by atoms with Crippen molar-refractivity contribution in [3.63, 3.8) is 0 Å². The van der Waals surface area contributed by atoms with Gasteiger partial charge in [-0.2, -0.15) is 0 Å². The van der Waals surface area contributed by atoms with Gasteiger partial charge in [0.05, 0.1) is 12.7 Å².